The highest BCUT2D eigenvalue weighted by Crippen LogP contribution is 2.31. The average molecular weight is 244 g/mol. The standard InChI is InChI=1S/C11H14ClNO3/c1-2-16-7-6-10(14)13-9-5-3-4-8(12)11(9)15/h3-5,15H,2,6-7H2,1H3,(H,13,14). The lowest BCUT2D eigenvalue weighted by Crippen LogP contribution is -2.14. The quantitative estimate of drug-likeness (QED) is 0.617. The molecule has 0 unspecified atom stereocenters. The molecule has 1 rings (SSSR count). The normalized spacial score (nSPS) is 10.1. The number of aromatic hydroxyl groups is 1. The van der Waals surface area contributed by atoms with Gasteiger partial charge < -0.3 is 15.2 Å². The number of hydrogen-bond donors (Lipinski definition) is 2. The highest BCUT2D eigenvalue weighted by atomic mass is 35.5. The Morgan fingerprint density at radius 2 is 2.31 bits per heavy atom. The summed E-state index contributed by atoms with van der Waals surface area (Å²) in [4.78, 5) is 11.4. The first-order valence-corrected chi connectivity index (χ1v) is 5.38. The number of carbonyl (C=O) groups excluding carboxylic acids is 1. The predicted octanol–water partition coefficient (Wildman–Crippen LogP) is 2.41. The molecule has 0 saturated carbocycles. The number of phenolic OH excluding ortho intramolecular Hbond substituents is 1. The molecule has 4 nitrogen and oxygen atoms in total. The molecule has 16 heavy (non-hydrogen) atoms. The summed E-state index contributed by atoms with van der Waals surface area (Å²) in [5.74, 6) is -0.333. The smallest absolute Gasteiger partial charge is 0.226 e. The van der Waals surface area contributed by atoms with Crippen LogP contribution in [0.25, 0.3) is 0 Å². The Hall–Kier alpha value is -1.26. The van der Waals surface area contributed by atoms with Gasteiger partial charge in [-0.2, -0.15) is 0 Å². The van der Waals surface area contributed by atoms with Crippen molar-refractivity contribution in [3.05, 3.63) is 23.2 Å². The Balaban J connectivity index is 2.53. The van der Waals surface area contributed by atoms with Crippen LogP contribution in [0.2, 0.25) is 5.02 Å². The van der Waals surface area contributed by atoms with Gasteiger partial charge in [0.1, 0.15) is 0 Å². The molecular weight excluding hydrogens is 230 g/mol. The minimum absolute atomic E-state index is 0.117. The number of carbonyl (C=O) groups is 1. The fourth-order valence-electron chi connectivity index (χ4n) is 1.14. The number of halogens is 1. The van der Waals surface area contributed by atoms with Crippen LogP contribution in [0.15, 0.2) is 18.2 Å². The Bertz CT molecular complexity index is 368. The van der Waals surface area contributed by atoms with Gasteiger partial charge in [-0.3, -0.25) is 4.79 Å². The molecule has 0 spiro atoms. The number of ether oxygens (including phenoxy) is 1. The minimum atomic E-state index is -0.217. The van der Waals surface area contributed by atoms with Crippen molar-refractivity contribution in [2.24, 2.45) is 0 Å². The van der Waals surface area contributed by atoms with E-state index in [0.29, 0.717) is 18.9 Å². The monoisotopic (exact) mass is 243 g/mol. The van der Waals surface area contributed by atoms with E-state index in [4.69, 9.17) is 16.3 Å². The van der Waals surface area contributed by atoms with E-state index in [0.717, 1.165) is 0 Å². The molecule has 0 aliphatic carbocycles. The Morgan fingerprint density at radius 1 is 1.56 bits per heavy atom. The second-order valence-electron chi connectivity index (χ2n) is 3.13. The SMILES string of the molecule is CCOCCC(=O)Nc1cccc(Cl)c1O. The Kier molecular flexibility index (Phi) is 5.08. The van der Waals surface area contributed by atoms with Crippen molar-refractivity contribution >= 4 is 23.2 Å². The van der Waals surface area contributed by atoms with Crippen LogP contribution in [0.3, 0.4) is 0 Å². The van der Waals surface area contributed by atoms with E-state index in [-0.39, 0.29) is 23.1 Å². The highest BCUT2D eigenvalue weighted by molar-refractivity contribution is 6.32. The lowest BCUT2D eigenvalue weighted by molar-refractivity contribution is -0.117. The largest absolute Gasteiger partial charge is 0.504 e. The van der Waals surface area contributed by atoms with Crippen LogP contribution < -0.4 is 5.32 Å². The summed E-state index contributed by atoms with van der Waals surface area (Å²) in [5.41, 5.74) is 0.314. The molecule has 2 N–H and O–H groups in total. The van der Waals surface area contributed by atoms with Gasteiger partial charge in [-0.05, 0) is 19.1 Å². The number of anilines is 1. The summed E-state index contributed by atoms with van der Waals surface area (Å²) in [7, 11) is 0. The molecule has 0 aromatic heterocycles. The van der Waals surface area contributed by atoms with Crippen LogP contribution in [-0.2, 0) is 9.53 Å². The maximum absolute atomic E-state index is 11.4. The zero-order valence-electron chi connectivity index (χ0n) is 9.00. The molecule has 88 valence electrons. The molecular formula is C11H14ClNO3. The van der Waals surface area contributed by atoms with Gasteiger partial charge in [0, 0.05) is 6.61 Å². The predicted molar refractivity (Wildman–Crippen MR) is 62.9 cm³/mol. The molecule has 1 aromatic rings. The fraction of sp³-hybridized carbons (Fsp3) is 0.364. The Labute approximate surface area is 99.2 Å². The third kappa shape index (κ3) is 3.72. The number of benzene rings is 1. The number of nitrogens with one attached hydrogen (secondary N) is 1. The summed E-state index contributed by atoms with van der Waals surface area (Å²) in [6.45, 7) is 2.81. The van der Waals surface area contributed by atoms with Crippen molar-refractivity contribution in [1.82, 2.24) is 0 Å². The summed E-state index contributed by atoms with van der Waals surface area (Å²) < 4.78 is 5.05. The molecule has 0 bridgehead atoms. The van der Waals surface area contributed by atoms with Gasteiger partial charge in [0.25, 0.3) is 0 Å². The molecule has 0 atom stereocenters. The molecule has 5 heteroatoms. The minimum Gasteiger partial charge on any atom is -0.504 e. The van der Waals surface area contributed by atoms with E-state index in [1.54, 1.807) is 18.2 Å². The van der Waals surface area contributed by atoms with Gasteiger partial charge in [0.2, 0.25) is 5.91 Å². The lowest BCUT2D eigenvalue weighted by Gasteiger charge is -2.08. The number of para-hydroxylation sites is 1. The molecule has 0 aliphatic heterocycles. The molecule has 1 aromatic carbocycles. The van der Waals surface area contributed by atoms with Crippen molar-refractivity contribution in [3.63, 3.8) is 0 Å². The number of hydrogen-bond acceptors (Lipinski definition) is 3. The van der Waals surface area contributed by atoms with Crippen molar-refractivity contribution in [3.8, 4) is 5.75 Å². The van der Waals surface area contributed by atoms with Gasteiger partial charge >= 0.3 is 0 Å². The topological polar surface area (TPSA) is 58.6 Å². The molecule has 0 fully saturated rings. The first-order valence-electron chi connectivity index (χ1n) is 5.00. The molecule has 0 saturated heterocycles. The first kappa shape index (κ1) is 12.8. The van der Waals surface area contributed by atoms with E-state index in [1.807, 2.05) is 6.92 Å². The molecule has 0 radical (unpaired) electrons. The van der Waals surface area contributed by atoms with Crippen molar-refractivity contribution in [1.29, 1.82) is 0 Å². The van der Waals surface area contributed by atoms with Crippen LogP contribution in [0, 0.1) is 0 Å². The van der Waals surface area contributed by atoms with Gasteiger partial charge in [-0.25, -0.2) is 0 Å². The van der Waals surface area contributed by atoms with E-state index in [1.165, 1.54) is 0 Å². The number of rotatable bonds is 5. The second kappa shape index (κ2) is 6.35. The maximum Gasteiger partial charge on any atom is 0.226 e. The fourth-order valence-corrected chi connectivity index (χ4v) is 1.31. The number of phenols is 1. The van der Waals surface area contributed by atoms with Crippen LogP contribution in [-0.4, -0.2) is 24.2 Å². The van der Waals surface area contributed by atoms with Gasteiger partial charge in [-0.15, -0.1) is 0 Å². The third-order valence-corrected chi connectivity index (χ3v) is 2.24. The maximum atomic E-state index is 11.4. The Morgan fingerprint density at radius 3 is 3.00 bits per heavy atom. The summed E-state index contributed by atoms with van der Waals surface area (Å²) in [6.07, 6.45) is 0.250. The lowest BCUT2D eigenvalue weighted by atomic mass is 10.3. The zero-order valence-corrected chi connectivity index (χ0v) is 9.75. The van der Waals surface area contributed by atoms with E-state index in [9.17, 15) is 9.90 Å². The first-order chi connectivity index (χ1) is 7.65. The third-order valence-electron chi connectivity index (χ3n) is 1.94. The molecule has 0 aliphatic rings. The van der Waals surface area contributed by atoms with Crippen LogP contribution in [0.5, 0.6) is 5.75 Å². The van der Waals surface area contributed by atoms with E-state index in [2.05, 4.69) is 5.32 Å². The average Bonchev–Trinajstić information content (AvgIpc) is 2.25. The van der Waals surface area contributed by atoms with E-state index < -0.39 is 0 Å². The molecule has 1 amide bonds. The summed E-state index contributed by atoms with van der Waals surface area (Å²) in [5, 5.41) is 12.3. The zero-order chi connectivity index (χ0) is 12.0. The van der Waals surface area contributed by atoms with Crippen LogP contribution in [0.1, 0.15) is 13.3 Å². The van der Waals surface area contributed by atoms with Crippen LogP contribution >= 0.6 is 11.6 Å². The van der Waals surface area contributed by atoms with Crippen LogP contribution in [0.4, 0.5) is 5.69 Å². The van der Waals surface area contributed by atoms with E-state index >= 15 is 0 Å². The number of amides is 1. The van der Waals surface area contributed by atoms with Gasteiger partial charge in [-0.1, -0.05) is 17.7 Å². The van der Waals surface area contributed by atoms with Gasteiger partial charge in [0.05, 0.1) is 23.7 Å². The van der Waals surface area contributed by atoms with Crippen molar-refractivity contribution in [2.45, 2.75) is 13.3 Å². The molecule has 0 heterocycles. The second-order valence-corrected chi connectivity index (χ2v) is 3.54. The van der Waals surface area contributed by atoms with Crippen molar-refractivity contribution in [2.75, 3.05) is 18.5 Å². The van der Waals surface area contributed by atoms with Gasteiger partial charge in [0.15, 0.2) is 5.75 Å². The highest BCUT2D eigenvalue weighted by Gasteiger charge is 2.08. The van der Waals surface area contributed by atoms with Crippen molar-refractivity contribution < 1.29 is 14.6 Å². The summed E-state index contributed by atoms with van der Waals surface area (Å²) in [6, 6.07) is 4.78. The summed E-state index contributed by atoms with van der Waals surface area (Å²) >= 11 is 5.70.